The molecule has 138 valence electrons. The smallest absolute Gasteiger partial charge is 0.272 e. The van der Waals surface area contributed by atoms with Crippen LogP contribution in [0.1, 0.15) is 22.7 Å². The number of sulfone groups is 1. The molecule has 1 N–H and O–H groups in total. The van der Waals surface area contributed by atoms with Crippen molar-refractivity contribution >= 4 is 27.2 Å². The van der Waals surface area contributed by atoms with Crippen molar-refractivity contribution in [2.24, 2.45) is 0 Å². The number of hydrogen-bond donors (Lipinski definition) is 1. The van der Waals surface area contributed by atoms with Crippen molar-refractivity contribution in [3.8, 4) is 0 Å². The fraction of sp³-hybridized carbons (Fsp3) is 0.353. The number of benzene rings is 1. The molecule has 2 aromatic rings. The zero-order chi connectivity index (χ0) is 18.9. The fourth-order valence-electron chi connectivity index (χ4n) is 2.87. The number of carbonyl (C=O) groups excluding carboxylic acids is 1. The van der Waals surface area contributed by atoms with E-state index in [1.165, 1.54) is 17.0 Å². The summed E-state index contributed by atoms with van der Waals surface area (Å²) >= 11 is 0. The van der Waals surface area contributed by atoms with Gasteiger partial charge in [0, 0.05) is 19.2 Å². The lowest BCUT2D eigenvalue weighted by molar-refractivity contribution is 0.0741. The zero-order valence-corrected chi connectivity index (χ0v) is 15.3. The Labute approximate surface area is 151 Å². The Morgan fingerprint density at radius 2 is 2.04 bits per heavy atom. The van der Waals surface area contributed by atoms with Crippen LogP contribution in [0.15, 0.2) is 30.3 Å². The molecular weight excluding hydrogens is 359 g/mol. The first-order chi connectivity index (χ1) is 12.2. The lowest BCUT2D eigenvalue weighted by atomic mass is 10.2. The Morgan fingerprint density at radius 1 is 1.31 bits per heavy atom. The molecule has 2 heterocycles. The van der Waals surface area contributed by atoms with Gasteiger partial charge in [0.05, 0.1) is 17.2 Å². The lowest BCUT2D eigenvalue weighted by Gasteiger charge is -2.23. The average molecular weight is 378 g/mol. The number of hydrogen-bond acceptors (Lipinski definition) is 6. The predicted molar refractivity (Wildman–Crippen MR) is 95.6 cm³/mol. The van der Waals surface area contributed by atoms with Crippen molar-refractivity contribution in [1.82, 2.24) is 14.9 Å². The third kappa shape index (κ3) is 3.98. The highest BCUT2D eigenvalue weighted by Gasteiger charge is 2.33. The van der Waals surface area contributed by atoms with E-state index >= 15 is 0 Å². The van der Waals surface area contributed by atoms with Crippen LogP contribution in [0.3, 0.4) is 0 Å². The molecule has 0 radical (unpaired) electrons. The van der Waals surface area contributed by atoms with Crippen LogP contribution in [0.5, 0.6) is 0 Å². The van der Waals surface area contributed by atoms with Gasteiger partial charge in [-0.1, -0.05) is 12.1 Å². The Kier molecular flexibility index (Phi) is 4.90. The number of aryl methyl sites for hydroxylation is 1. The highest BCUT2D eigenvalue weighted by molar-refractivity contribution is 7.91. The number of nitrogens with one attached hydrogen (secondary N) is 1. The van der Waals surface area contributed by atoms with Crippen LogP contribution in [0.25, 0.3) is 0 Å². The van der Waals surface area contributed by atoms with E-state index in [0.717, 1.165) is 0 Å². The Morgan fingerprint density at radius 3 is 2.69 bits per heavy atom. The summed E-state index contributed by atoms with van der Waals surface area (Å²) in [5.74, 6) is -0.155. The van der Waals surface area contributed by atoms with E-state index in [1.807, 2.05) is 0 Å². The topological polar surface area (TPSA) is 92.3 Å². The summed E-state index contributed by atoms with van der Waals surface area (Å²) in [6, 6.07) is 7.19. The number of nitrogens with zero attached hydrogens (tertiary/aromatic N) is 3. The highest BCUT2D eigenvalue weighted by atomic mass is 32.2. The molecule has 1 aromatic carbocycles. The fourth-order valence-corrected chi connectivity index (χ4v) is 4.64. The van der Waals surface area contributed by atoms with E-state index in [1.54, 1.807) is 32.2 Å². The molecular formula is C17H19FN4O3S. The second-order valence-corrected chi connectivity index (χ2v) is 8.49. The predicted octanol–water partition coefficient (Wildman–Crippen LogP) is 1.93. The Balaban J connectivity index is 1.83. The molecule has 1 aromatic heterocycles. The van der Waals surface area contributed by atoms with Crippen molar-refractivity contribution in [3.63, 3.8) is 0 Å². The summed E-state index contributed by atoms with van der Waals surface area (Å²) in [5.41, 5.74) is 0.363. The summed E-state index contributed by atoms with van der Waals surface area (Å²) in [5, 5.41) is 2.84. The molecule has 9 heteroatoms. The number of rotatable bonds is 4. The van der Waals surface area contributed by atoms with E-state index in [9.17, 15) is 17.6 Å². The second kappa shape index (κ2) is 6.99. The Bertz CT molecular complexity index is 949. The molecule has 0 aliphatic carbocycles. The van der Waals surface area contributed by atoms with E-state index in [2.05, 4.69) is 15.3 Å². The van der Waals surface area contributed by atoms with Gasteiger partial charge in [0.2, 0.25) is 0 Å². The molecule has 0 saturated carbocycles. The number of aromatic nitrogens is 2. The van der Waals surface area contributed by atoms with E-state index in [0.29, 0.717) is 18.1 Å². The standard InChI is InChI=1S/C17H19FN4O3S/c1-11-19-15(17(23)22(2)12-7-8-26(24,25)10-12)9-16(20-11)21-14-6-4-3-5-13(14)18/h3-6,9,12H,7-8,10H2,1-2H3,(H,19,20,21). The largest absolute Gasteiger partial charge is 0.338 e. The molecule has 7 nitrogen and oxygen atoms in total. The highest BCUT2D eigenvalue weighted by Crippen LogP contribution is 2.21. The molecule has 3 rings (SSSR count). The van der Waals surface area contributed by atoms with Crippen LogP contribution >= 0.6 is 0 Å². The summed E-state index contributed by atoms with van der Waals surface area (Å²) in [6.45, 7) is 1.63. The minimum atomic E-state index is -3.10. The minimum Gasteiger partial charge on any atom is -0.338 e. The molecule has 1 aliphatic rings. The van der Waals surface area contributed by atoms with Gasteiger partial charge >= 0.3 is 0 Å². The Hall–Kier alpha value is -2.55. The first-order valence-electron chi connectivity index (χ1n) is 8.10. The zero-order valence-electron chi connectivity index (χ0n) is 14.4. The molecule has 0 spiro atoms. The third-order valence-corrected chi connectivity index (χ3v) is 6.02. The van der Waals surface area contributed by atoms with Crippen LogP contribution in [-0.4, -0.2) is 53.8 Å². The van der Waals surface area contributed by atoms with Crippen molar-refractivity contribution in [3.05, 3.63) is 47.7 Å². The SMILES string of the molecule is Cc1nc(Nc2ccccc2F)cc(C(=O)N(C)C2CCS(=O)(=O)C2)n1. The van der Waals surface area contributed by atoms with Crippen LogP contribution < -0.4 is 5.32 Å². The number of anilines is 2. The number of carbonyl (C=O) groups is 1. The first-order valence-corrected chi connectivity index (χ1v) is 9.92. The minimum absolute atomic E-state index is 0.0420. The van der Waals surface area contributed by atoms with Gasteiger partial charge in [0.15, 0.2) is 9.84 Å². The van der Waals surface area contributed by atoms with Gasteiger partial charge in [-0.15, -0.1) is 0 Å². The summed E-state index contributed by atoms with van der Waals surface area (Å²) < 4.78 is 37.1. The monoisotopic (exact) mass is 378 g/mol. The molecule has 1 atom stereocenters. The van der Waals surface area contributed by atoms with Gasteiger partial charge in [0.25, 0.3) is 5.91 Å². The molecule has 1 aliphatic heterocycles. The summed E-state index contributed by atoms with van der Waals surface area (Å²) in [7, 11) is -1.53. The summed E-state index contributed by atoms with van der Waals surface area (Å²) in [4.78, 5) is 22.4. The summed E-state index contributed by atoms with van der Waals surface area (Å²) in [6.07, 6.45) is 0.412. The number of amides is 1. The van der Waals surface area contributed by atoms with Crippen molar-refractivity contribution in [1.29, 1.82) is 0 Å². The van der Waals surface area contributed by atoms with Gasteiger partial charge in [-0.05, 0) is 25.5 Å². The maximum absolute atomic E-state index is 13.8. The van der Waals surface area contributed by atoms with Crippen molar-refractivity contribution in [2.45, 2.75) is 19.4 Å². The maximum Gasteiger partial charge on any atom is 0.272 e. The van der Waals surface area contributed by atoms with Crippen LogP contribution in [0.2, 0.25) is 0 Å². The van der Waals surface area contributed by atoms with Gasteiger partial charge in [-0.25, -0.2) is 22.8 Å². The van der Waals surface area contributed by atoms with Crippen LogP contribution in [0.4, 0.5) is 15.9 Å². The first kappa shape index (κ1) is 18.2. The van der Waals surface area contributed by atoms with Gasteiger partial charge in [-0.3, -0.25) is 4.79 Å². The molecule has 0 bridgehead atoms. The molecule has 1 fully saturated rings. The van der Waals surface area contributed by atoms with Gasteiger partial charge < -0.3 is 10.2 Å². The molecule has 1 unspecified atom stereocenters. The van der Waals surface area contributed by atoms with E-state index < -0.39 is 21.6 Å². The number of para-hydroxylation sites is 1. The number of halogens is 1. The van der Waals surface area contributed by atoms with E-state index in [4.69, 9.17) is 0 Å². The normalized spacial score (nSPS) is 18.5. The quantitative estimate of drug-likeness (QED) is 0.874. The molecule has 1 amide bonds. The maximum atomic E-state index is 13.8. The third-order valence-electron chi connectivity index (χ3n) is 4.27. The van der Waals surface area contributed by atoms with Crippen molar-refractivity contribution < 1.29 is 17.6 Å². The molecule has 26 heavy (non-hydrogen) atoms. The van der Waals surface area contributed by atoms with Crippen LogP contribution in [-0.2, 0) is 9.84 Å². The van der Waals surface area contributed by atoms with Gasteiger partial charge in [0.1, 0.15) is 23.2 Å². The van der Waals surface area contributed by atoms with Crippen molar-refractivity contribution in [2.75, 3.05) is 23.9 Å². The average Bonchev–Trinajstić information content (AvgIpc) is 2.95. The van der Waals surface area contributed by atoms with Crippen LogP contribution in [0, 0.1) is 12.7 Å². The second-order valence-electron chi connectivity index (χ2n) is 6.26. The van der Waals surface area contributed by atoms with E-state index in [-0.39, 0.29) is 28.9 Å². The molecule has 1 saturated heterocycles. The van der Waals surface area contributed by atoms with Gasteiger partial charge in [-0.2, -0.15) is 0 Å². The lowest BCUT2D eigenvalue weighted by Crippen LogP contribution is -2.38.